The van der Waals surface area contributed by atoms with Gasteiger partial charge in [0.05, 0.1) is 25.8 Å². The Balaban J connectivity index is 2.12. The van der Waals surface area contributed by atoms with E-state index in [1.165, 1.54) is 25.5 Å². The van der Waals surface area contributed by atoms with Crippen LogP contribution < -0.4 is 5.32 Å². The zero-order valence-corrected chi connectivity index (χ0v) is 13.2. The Kier molecular flexibility index (Phi) is 6.00. The van der Waals surface area contributed by atoms with Crippen LogP contribution in [0, 0.1) is 0 Å². The Morgan fingerprint density at radius 3 is 2.74 bits per heavy atom. The largest absolute Gasteiger partial charge is 0.469 e. The Bertz CT molecular complexity index is 694. The van der Waals surface area contributed by atoms with Gasteiger partial charge in [-0.25, -0.2) is 0 Å². The molecule has 0 bridgehead atoms. The van der Waals surface area contributed by atoms with Gasteiger partial charge in [-0.1, -0.05) is 29.8 Å². The monoisotopic (exact) mass is 333 g/mol. The van der Waals surface area contributed by atoms with Crippen molar-refractivity contribution in [3.05, 3.63) is 65.1 Å². The minimum Gasteiger partial charge on any atom is -0.469 e. The molecule has 23 heavy (non-hydrogen) atoms. The average molecular weight is 334 g/mol. The van der Waals surface area contributed by atoms with Gasteiger partial charge in [-0.3, -0.25) is 9.59 Å². The lowest BCUT2D eigenvalue weighted by Crippen LogP contribution is -2.29. The lowest BCUT2D eigenvalue weighted by Gasteiger charge is -2.18. The highest BCUT2D eigenvalue weighted by molar-refractivity contribution is 6.31. The van der Waals surface area contributed by atoms with Crippen LogP contribution in [-0.2, 0) is 14.3 Å². The van der Waals surface area contributed by atoms with Crippen molar-refractivity contribution < 1.29 is 18.7 Å². The predicted octanol–water partition coefficient (Wildman–Crippen LogP) is 3.37. The summed E-state index contributed by atoms with van der Waals surface area (Å²) in [6, 6.07) is 9.89. The van der Waals surface area contributed by atoms with Gasteiger partial charge in [-0.15, -0.1) is 0 Å². The van der Waals surface area contributed by atoms with E-state index in [0.717, 1.165) is 0 Å². The highest BCUT2D eigenvalue weighted by Gasteiger charge is 2.20. The number of rotatable bonds is 6. The molecule has 0 spiro atoms. The van der Waals surface area contributed by atoms with Crippen LogP contribution in [0.3, 0.4) is 0 Å². The van der Waals surface area contributed by atoms with Gasteiger partial charge in [0.25, 0.3) is 0 Å². The molecule has 1 aromatic carbocycles. The van der Waals surface area contributed by atoms with Crippen molar-refractivity contribution in [2.75, 3.05) is 7.11 Å². The van der Waals surface area contributed by atoms with E-state index >= 15 is 0 Å². The van der Waals surface area contributed by atoms with Gasteiger partial charge in [0.2, 0.25) is 5.91 Å². The Labute approximate surface area is 138 Å². The molecular formula is C17H16ClNO4. The smallest absolute Gasteiger partial charge is 0.307 e. The molecule has 2 rings (SSSR count). The summed E-state index contributed by atoms with van der Waals surface area (Å²) in [5, 5.41) is 3.22. The van der Waals surface area contributed by atoms with E-state index in [2.05, 4.69) is 10.1 Å². The van der Waals surface area contributed by atoms with Crippen molar-refractivity contribution in [1.29, 1.82) is 0 Å². The van der Waals surface area contributed by atoms with Crippen molar-refractivity contribution in [2.24, 2.45) is 0 Å². The maximum atomic E-state index is 12.1. The van der Waals surface area contributed by atoms with Crippen molar-refractivity contribution in [3.63, 3.8) is 0 Å². The van der Waals surface area contributed by atoms with Crippen LogP contribution >= 0.6 is 11.6 Å². The first-order chi connectivity index (χ1) is 11.1. The highest BCUT2D eigenvalue weighted by atomic mass is 35.5. The first-order valence-electron chi connectivity index (χ1n) is 6.93. The number of carbonyl (C=O) groups excluding carboxylic acids is 2. The van der Waals surface area contributed by atoms with Crippen LogP contribution in [-0.4, -0.2) is 19.0 Å². The number of amides is 1. The summed E-state index contributed by atoms with van der Waals surface area (Å²) in [5.41, 5.74) is 0.652. The lowest BCUT2D eigenvalue weighted by molar-refractivity contribution is -0.141. The number of ether oxygens (including phenoxy) is 1. The van der Waals surface area contributed by atoms with E-state index in [1.807, 2.05) is 0 Å². The molecule has 0 fully saturated rings. The second kappa shape index (κ2) is 8.19. The van der Waals surface area contributed by atoms with Crippen molar-refractivity contribution in [1.82, 2.24) is 5.32 Å². The van der Waals surface area contributed by atoms with Gasteiger partial charge in [-0.05, 0) is 29.8 Å². The third-order valence-electron chi connectivity index (χ3n) is 3.14. The van der Waals surface area contributed by atoms with Crippen LogP contribution in [0.5, 0.6) is 0 Å². The van der Waals surface area contributed by atoms with Crippen LogP contribution in [0.2, 0.25) is 5.02 Å². The zero-order chi connectivity index (χ0) is 16.7. The fourth-order valence-corrected chi connectivity index (χ4v) is 2.28. The quantitative estimate of drug-likeness (QED) is 0.650. The molecule has 0 saturated heterocycles. The summed E-state index contributed by atoms with van der Waals surface area (Å²) >= 11 is 6.15. The summed E-state index contributed by atoms with van der Waals surface area (Å²) in [4.78, 5) is 23.7. The summed E-state index contributed by atoms with van der Waals surface area (Å²) in [6.45, 7) is 0. The second-order valence-electron chi connectivity index (χ2n) is 4.71. The summed E-state index contributed by atoms with van der Waals surface area (Å²) in [5.74, 6) is -0.247. The second-order valence-corrected chi connectivity index (χ2v) is 5.12. The molecule has 1 amide bonds. The normalized spacial score (nSPS) is 12.1. The van der Waals surface area contributed by atoms with Gasteiger partial charge in [0.1, 0.15) is 5.76 Å². The van der Waals surface area contributed by atoms with Gasteiger partial charge in [0.15, 0.2) is 0 Å². The number of carbonyl (C=O) groups is 2. The molecule has 0 aliphatic rings. The first-order valence-corrected chi connectivity index (χ1v) is 7.31. The summed E-state index contributed by atoms with van der Waals surface area (Å²) in [6.07, 6.45) is 4.37. The molecule has 120 valence electrons. The molecular weight excluding hydrogens is 318 g/mol. The molecule has 0 aliphatic carbocycles. The SMILES string of the molecule is COC(=O)CC(NC(=O)/C=C/c1ccco1)c1ccccc1Cl. The number of hydrogen-bond donors (Lipinski definition) is 1. The summed E-state index contributed by atoms with van der Waals surface area (Å²) < 4.78 is 9.79. The van der Waals surface area contributed by atoms with E-state index in [9.17, 15) is 9.59 Å². The third kappa shape index (κ3) is 5.00. The average Bonchev–Trinajstić information content (AvgIpc) is 3.06. The molecule has 0 radical (unpaired) electrons. The number of hydrogen-bond acceptors (Lipinski definition) is 4. The molecule has 1 atom stereocenters. The van der Waals surface area contributed by atoms with Gasteiger partial charge in [0, 0.05) is 11.1 Å². The zero-order valence-electron chi connectivity index (χ0n) is 12.5. The number of nitrogens with one attached hydrogen (secondary N) is 1. The molecule has 0 aliphatic heterocycles. The number of esters is 1. The number of halogens is 1. The number of furan rings is 1. The lowest BCUT2D eigenvalue weighted by atomic mass is 10.0. The molecule has 1 N–H and O–H groups in total. The first kappa shape index (κ1) is 16.8. The van der Waals surface area contributed by atoms with Crippen LogP contribution in [0.4, 0.5) is 0 Å². The van der Waals surface area contributed by atoms with Crippen molar-refractivity contribution in [2.45, 2.75) is 12.5 Å². The molecule has 0 saturated carbocycles. The van der Waals surface area contributed by atoms with Crippen LogP contribution in [0.15, 0.2) is 53.2 Å². The minimum atomic E-state index is -0.579. The molecule has 6 heteroatoms. The number of benzene rings is 1. The topological polar surface area (TPSA) is 68.5 Å². The highest BCUT2D eigenvalue weighted by Crippen LogP contribution is 2.25. The third-order valence-corrected chi connectivity index (χ3v) is 3.48. The maximum Gasteiger partial charge on any atom is 0.307 e. The van der Waals surface area contributed by atoms with Gasteiger partial charge >= 0.3 is 5.97 Å². The van der Waals surface area contributed by atoms with Crippen molar-refractivity contribution >= 4 is 29.6 Å². The maximum absolute atomic E-state index is 12.1. The predicted molar refractivity (Wildman–Crippen MR) is 86.7 cm³/mol. The molecule has 5 nitrogen and oxygen atoms in total. The van der Waals surface area contributed by atoms with E-state index < -0.39 is 12.0 Å². The molecule has 1 aromatic heterocycles. The fourth-order valence-electron chi connectivity index (χ4n) is 2.01. The van der Waals surface area contributed by atoms with E-state index in [-0.39, 0.29) is 12.3 Å². The van der Waals surface area contributed by atoms with Gasteiger partial charge < -0.3 is 14.5 Å². The fraction of sp³-hybridized carbons (Fsp3) is 0.176. The Morgan fingerprint density at radius 2 is 2.09 bits per heavy atom. The molecule has 2 aromatic rings. The summed E-state index contributed by atoms with van der Waals surface area (Å²) in [7, 11) is 1.30. The molecule has 1 unspecified atom stereocenters. The minimum absolute atomic E-state index is 0.0133. The number of methoxy groups -OCH3 is 1. The van der Waals surface area contributed by atoms with Crippen molar-refractivity contribution in [3.8, 4) is 0 Å². The van der Waals surface area contributed by atoms with Gasteiger partial charge in [-0.2, -0.15) is 0 Å². The van der Waals surface area contributed by atoms with Crippen LogP contribution in [0.1, 0.15) is 23.8 Å². The standard InChI is InChI=1S/C17H16ClNO4/c1-22-17(21)11-15(13-6-2-3-7-14(13)18)19-16(20)9-8-12-5-4-10-23-12/h2-10,15H,11H2,1H3,(H,19,20)/b9-8+. The van der Waals surface area contributed by atoms with E-state index in [4.69, 9.17) is 16.0 Å². The van der Waals surface area contributed by atoms with Crippen LogP contribution in [0.25, 0.3) is 6.08 Å². The Hall–Kier alpha value is -2.53. The van der Waals surface area contributed by atoms with E-state index in [0.29, 0.717) is 16.3 Å². The van der Waals surface area contributed by atoms with E-state index in [1.54, 1.807) is 36.4 Å². The molecule has 1 heterocycles. The Morgan fingerprint density at radius 1 is 1.30 bits per heavy atom.